The van der Waals surface area contributed by atoms with E-state index in [2.05, 4.69) is 42.7 Å². The van der Waals surface area contributed by atoms with Gasteiger partial charge in [-0.2, -0.15) is 0 Å². The van der Waals surface area contributed by atoms with E-state index in [1.165, 1.54) is 18.4 Å². The van der Waals surface area contributed by atoms with Gasteiger partial charge in [-0.3, -0.25) is 4.90 Å². The molecule has 0 heterocycles. The van der Waals surface area contributed by atoms with Gasteiger partial charge in [-0.15, -0.1) is 4.99 Å². The van der Waals surface area contributed by atoms with E-state index in [1.807, 2.05) is 0 Å². The maximum atomic E-state index is 12.7. The first-order valence-corrected chi connectivity index (χ1v) is 8.48. The lowest BCUT2D eigenvalue weighted by molar-refractivity contribution is 0.102. The number of rotatable bonds is 1. The molecular weight excluding hydrogens is 308 g/mol. The average molecular weight is 340 g/mol. The molecule has 1 N–H and O–H groups in total. The normalized spacial score (nSPS) is 30.5. The summed E-state index contributed by atoms with van der Waals surface area (Å²) < 4.78 is 4.56. The number of guanidine groups is 1. The molecule has 7 heteroatoms. The molecule has 0 spiro atoms. The number of hydrogen-bond acceptors (Lipinski definition) is 3. The van der Waals surface area contributed by atoms with Crippen molar-refractivity contribution >= 4 is 18.1 Å². The predicted molar refractivity (Wildman–Crippen MR) is 94.9 cm³/mol. The van der Waals surface area contributed by atoms with Crippen molar-refractivity contribution in [2.45, 2.75) is 40.2 Å². The molecule has 4 atom stereocenters. The van der Waals surface area contributed by atoms with E-state index in [9.17, 15) is 9.59 Å². The fourth-order valence-electron chi connectivity index (χ4n) is 3.40. The van der Waals surface area contributed by atoms with E-state index >= 15 is 0 Å². The third-order valence-electron chi connectivity index (χ3n) is 5.33. The molecule has 3 amide bonds. The zero-order valence-corrected chi connectivity index (χ0v) is 16.2. The Labute approximate surface area is 145 Å². The summed E-state index contributed by atoms with van der Waals surface area (Å²) in [5.74, 6) is 2.15. The summed E-state index contributed by atoms with van der Waals surface area (Å²) in [4.78, 5) is 30.9. The minimum Gasteiger partial charge on any atom is -0.451 e. The van der Waals surface area contributed by atoms with Crippen LogP contribution in [0.3, 0.4) is 0 Å². The van der Waals surface area contributed by atoms with Crippen molar-refractivity contribution in [3.05, 3.63) is 0 Å². The second-order valence-electron chi connectivity index (χ2n) is 7.22. The zero-order chi connectivity index (χ0) is 18.6. The van der Waals surface area contributed by atoms with Gasteiger partial charge in [0.15, 0.2) is 0 Å². The van der Waals surface area contributed by atoms with Crippen LogP contribution in [0.4, 0.5) is 9.59 Å². The topological polar surface area (TPSA) is 74.2 Å². The van der Waals surface area contributed by atoms with E-state index in [4.69, 9.17) is 0 Å². The lowest BCUT2D eigenvalue weighted by atomic mass is 9.67. The first kappa shape index (κ1) is 20.3. The van der Waals surface area contributed by atoms with Crippen LogP contribution in [0.5, 0.6) is 0 Å². The van der Waals surface area contributed by atoms with Gasteiger partial charge in [-0.05, 0) is 30.1 Å². The maximum absolute atomic E-state index is 12.7. The largest absolute Gasteiger partial charge is 0.451 e. The maximum Gasteiger partial charge on any atom is 0.436 e. The van der Waals surface area contributed by atoms with E-state index in [1.54, 1.807) is 26.0 Å². The minimum absolute atomic E-state index is 0.0974. The van der Waals surface area contributed by atoms with Gasteiger partial charge >= 0.3 is 12.1 Å². The molecule has 1 rings (SSSR count). The summed E-state index contributed by atoms with van der Waals surface area (Å²) in [6.07, 6.45) is 0.442. The van der Waals surface area contributed by atoms with Crippen LogP contribution in [0.25, 0.3) is 0 Å². The molecular formula is C17H32N4O3. The molecule has 138 valence electrons. The predicted octanol–water partition coefficient (Wildman–Crippen LogP) is 2.63. The van der Waals surface area contributed by atoms with Crippen LogP contribution in [0, 0.1) is 23.7 Å². The SMILES string of the molecule is COC(=O)N=C(N(C)C)N(C)C(=O)NC1C(C)C(C)CC(C)C1C. The Balaban J connectivity index is 2.91. The number of carbonyl (C=O) groups excluding carboxylic acids is 2. The van der Waals surface area contributed by atoms with Gasteiger partial charge in [0.05, 0.1) is 7.11 Å². The van der Waals surface area contributed by atoms with Gasteiger partial charge in [0.1, 0.15) is 0 Å². The number of ether oxygens (including phenoxy) is 1. The van der Waals surface area contributed by atoms with E-state index < -0.39 is 6.09 Å². The van der Waals surface area contributed by atoms with Crippen molar-refractivity contribution in [3.63, 3.8) is 0 Å². The number of hydrogen-bond donors (Lipinski definition) is 1. The van der Waals surface area contributed by atoms with Crippen LogP contribution in [-0.4, -0.2) is 62.2 Å². The molecule has 24 heavy (non-hydrogen) atoms. The van der Waals surface area contributed by atoms with Gasteiger partial charge < -0.3 is 15.0 Å². The number of aliphatic imine (C=N–C) groups is 1. The molecule has 0 radical (unpaired) electrons. The van der Waals surface area contributed by atoms with Crippen LogP contribution in [-0.2, 0) is 4.74 Å². The van der Waals surface area contributed by atoms with Gasteiger partial charge in [0, 0.05) is 27.2 Å². The van der Waals surface area contributed by atoms with Crippen molar-refractivity contribution in [1.82, 2.24) is 15.1 Å². The van der Waals surface area contributed by atoms with E-state index in [0.29, 0.717) is 23.7 Å². The van der Waals surface area contributed by atoms with Crippen molar-refractivity contribution in [3.8, 4) is 0 Å². The van der Waals surface area contributed by atoms with Crippen molar-refractivity contribution in [2.24, 2.45) is 28.7 Å². The number of nitrogens with zero attached hydrogens (tertiary/aromatic N) is 3. The van der Waals surface area contributed by atoms with Crippen LogP contribution < -0.4 is 5.32 Å². The minimum atomic E-state index is -0.736. The summed E-state index contributed by atoms with van der Waals surface area (Å²) in [7, 11) is 6.30. The summed E-state index contributed by atoms with van der Waals surface area (Å²) >= 11 is 0. The Hall–Kier alpha value is -1.79. The Morgan fingerprint density at radius 2 is 1.54 bits per heavy atom. The lowest BCUT2D eigenvalue weighted by Gasteiger charge is -2.43. The summed E-state index contributed by atoms with van der Waals surface area (Å²) in [6.45, 7) is 8.85. The average Bonchev–Trinajstić information content (AvgIpc) is 2.53. The number of nitrogens with one attached hydrogen (secondary N) is 1. The lowest BCUT2D eigenvalue weighted by Crippen LogP contribution is -2.55. The molecule has 7 nitrogen and oxygen atoms in total. The molecule has 1 aliphatic rings. The van der Waals surface area contributed by atoms with Crippen LogP contribution in [0.2, 0.25) is 0 Å². The first-order chi connectivity index (χ1) is 11.1. The molecule has 0 aromatic heterocycles. The third-order valence-corrected chi connectivity index (χ3v) is 5.33. The molecule has 1 aliphatic carbocycles. The second-order valence-corrected chi connectivity index (χ2v) is 7.22. The molecule has 4 unspecified atom stereocenters. The highest BCUT2D eigenvalue weighted by Crippen LogP contribution is 2.37. The monoisotopic (exact) mass is 340 g/mol. The van der Waals surface area contributed by atoms with Crippen molar-refractivity contribution in [2.75, 3.05) is 28.3 Å². The molecule has 1 fully saturated rings. The number of amides is 3. The Morgan fingerprint density at radius 1 is 1.04 bits per heavy atom. The summed E-state index contributed by atoms with van der Waals surface area (Å²) in [5, 5.41) is 3.13. The number of carbonyl (C=O) groups is 2. The quantitative estimate of drug-likeness (QED) is 0.588. The fourth-order valence-corrected chi connectivity index (χ4v) is 3.40. The highest BCUT2D eigenvalue weighted by Gasteiger charge is 2.38. The molecule has 0 saturated heterocycles. The van der Waals surface area contributed by atoms with Gasteiger partial charge in [-0.1, -0.05) is 27.7 Å². The third kappa shape index (κ3) is 4.61. The standard InChI is InChI=1S/C17H32N4O3/c1-10-9-11(2)13(4)14(12(10)3)18-16(22)21(7)15(20(5)6)19-17(23)24-8/h10-14H,9H2,1-8H3,(H,18,22). The van der Waals surface area contributed by atoms with Gasteiger partial charge in [-0.25, -0.2) is 9.59 Å². The van der Waals surface area contributed by atoms with Crippen molar-refractivity contribution in [1.29, 1.82) is 0 Å². The van der Waals surface area contributed by atoms with E-state index in [0.717, 1.165) is 0 Å². The second kappa shape index (κ2) is 8.35. The first-order valence-electron chi connectivity index (χ1n) is 8.48. The van der Waals surface area contributed by atoms with Gasteiger partial charge in [0.25, 0.3) is 0 Å². The zero-order valence-electron chi connectivity index (χ0n) is 16.2. The van der Waals surface area contributed by atoms with Crippen LogP contribution in [0.15, 0.2) is 4.99 Å². The highest BCUT2D eigenvalue weighted by molar-refractivity contribution is 5.99. The molecule has 0 aliphatic heterocycles. The summed E-state index contributed by atoms with van der Waals surface area (Å²) in [6, 6.07) is -0.170. The molecule has 0 aromatic carbocycles. The van der Waals surface area contributed by atoms with Crippen LogP contribution in [0.1, 0.15) is 34.1 Å². The molecule has 0 bridgehead atoms. The Morgan fingerprint density at radius 3 is 1.96 bits per heavy atom. The number of methoxy groups -OCH3 is 1. The van der Waals surface area contributed by atoms with E-state index in [-0.39, 0.29) is 18.0 Å². The van der Waals surface area contributed by atoms with Crippen molar-refractivity contribution < 1.29 is 14.3 Å². The summed E-state index contributed by atoms with van der Waals surface area (Å²) in [5.41, 5.74) is 0. The smallest absolute Gasteiger partial charge is 0.436 e. The molecule has 1 saturated carbocycles. The fraction of sp³-hybridized carbons (Fsp3) is 0.824. The number of urea groups is 1. The van der Waals surface area contributed by atoms with Gasteiger partial charge in [0.2, 0.25) is 5.96 Å². The highest BCUT2D eigenvalue weighted by atomic mass is 16.5. The van der Waals surface area contributed by atoms with Crippen LogP contribution >= 0.6 is 0 Å². The Kier molecular flexibility index (Phi) is 7.05. The Bertz CT molecular complexity index is 478. The molecule has 0 aromatic rings.